The lowest BCUT2D eigenvalue weighted by atomic mass is 9.94. The normalized spacial score (nSPS) is 11.8. The summed E-state index contributed by atoms with van der Waals surface area (Å²) in [5.41, 5.74) is 10.0. The number of allylic oxidation sites excluding steroid dienone is 1. The van der Waals surface area contributed by atoms with Crippen LogP contribution in [0.15, 0.2) is 67.0 Å². The van der Waals surface area contributed by atoms with E-state index in [2.05, 4.69) is 112 Å². The maximum absolute atomic E-state index is 4.97. The molecule has 2 nitrogen and oxygen atoms in total. The zero-order valence-corrected chi connectivity index (χ0v) is 20.0. The predicted molar refractivity (Wildman–Crippen MR) is 139 cm³/mol. The summed E-state index contributed by atoms with van der Waals surface area (Å²) in [6, 6.07) is 17.8. The Balaban J connectivity index is 1.91. The lowest BCUT2D eigenvalue weighted by Crippen LogP contribution is -1.97. The molecule has 0 aliphatic heterocycles. The van der Waals surface area contributed by atoms with Crippen molar-refractivity contribution in [1.82, 2.24) is 9.55 Å². The third-order valence-corrected chi connectivity index (χ3v) is 6.35. The van der Waals surface area contributed by atoms with E-state index in [0.29, 0.717) is 5.92 Å². The smallest absolute Gasteiger partial charge is 0.0719 e. The summed E-state index contributed by atoms with van der Waals surface area (Å²) in [6.07, 6.45) is 11.8. The molecule has 0 N–H and O–H groups in total. The second-order valence-corrected chi connectivity index (χ2v) is 8.76. The number of aryl methyl sites for hydroxylation is 2. The highest BCUT2D eigenvalue weighted by Gasteiger charge is 2.15. The van der Waals surface area contributed by atoms with E-state index in [1.807, 2.05) is 0 Å². The maximum Gasteiger partial charge on any atom is 0.0719 e. The summed E-state index contributed by atoms with van der Waals surface area (Å²) in [4.78, 5) is 4.97. The van der Waals surface area contributed by atoms with Gasteiger partial charge in [-0.1, -0.05) is 77.1 Å². The molecule has 2 heteroatoms. The molecular weight excluding hydrogens is 388 g/mol. The minimum Gasteiger partial charge on any atom is -0.314 e. The third kappa shape index (κ3) is 4.14. The molecule has 0 amide bonds. The molecule has 0 unspecified atom stereocenters. The van der Waals surface area contributed by atoms with E-state index < -0.39 is 0 Å². The van der Waals surface area contributed by atoms with E-state index in [0.717, 1.165) is 30.5 Å². The Kier molecular flexibility index (Phi) is 6.60. The Morgan fingerprint density at radius 2 is 1.62 bits per heavy atom. The number of hydrogen-bond acceptors (Lipinski definition) is 1. The van der Waals surface area contributed by atoms with E-state index in [1.165, 1.54) is 38.9 Å². The van der Waals surface area contributed by atoms with Crippen LogP contribution >= 0.6 is 0 Å². The third-order valence-electron chi connectivity index (χ3n) is 6.35. The van der Waals surface area contributed by atoms with E-state index in [1.54, 1.807) is 0 Å². The molecule has 0 aliphatic carbocycles. The molecule has 0 radical (unpaired) electrons. The number of pyridine rings is 1. The van der Waals surface area contributed by atoms with Crippen LogP contribution in [0.4, 0.5) is 0 Å². The zero-order valence-electron chi connectivity index (χ0n) is 20.0. The summed E-state index contributed by atoms with van der Waals surface area (Å²) in [6.45, 7) is 11.1. The summed E-state index contributed by atoms with van der Waals surface area (Å²) in [5, 5.41) is 1.25. The molecule has 0 aliphatic rings. The number of hydrogen-bond donors (Lipinski definition) is 0. The number of aromatic nitrogens is 2. The van der Waals surface area contributed by atoms with Crippen molar-refractivity contribution in [3.63, 3.8) is 0 Å². The van der Waals surface area contributed by atoms with Gasteiger partial charge in [0.25, 0.3) is 0 Å². The molecule has 0 atom stereocenters. The first kappa shape index (κ1) is 22.1. The van der Waals surface area contributed by atoms with E-state index >= 15 is 0 Å². The van der Waals surface area contributed by atoms with Crippen LogP contribution in [0.5, 0.6) is 0 Å². The second-order valence-electron chi connectivity index (χ2n) is 8.76. The monoisotopic (exact) mass is 422 g/mol. The molecule has 4 rings (SSSR count). The van der Waals surface area contributed by atoms with Crippen LogP contribution in [-0.4, -0.2) is 9.55 Å². The quantitative estimate of drug-likeness (QED) is 0.292. The van der Waals surface area contributed by atoms with Crippen LogP contribution in [0.1, 0.15) is 69.2 Å². The summed E-state index contributed by atoms with van der Waals surface area (Å²) in [5.74, 6) is 0.532. The largest absolute Gasteiger partial charge is 0.314 e. The van der Waals surface area contributed by atoms with Gasteiger partial charge in [0.1, 0.15) is 0 Å². The molecule has 0 fully saturated rings. The highest BCUT2D eigenvalue weighted by Crippen LogP contribution is 2.33. The molecule has 32 heavy (non-hydrogen) atoms. The average molecular weight is 423 g/mol. The van der Waals surface area contributed by atoms with Crippen LogP contribution in [0, 0.1) is 0 Å². The lowest BCUT2D eigenvalue weighted by molar-refractivity contribution is 0.865. The number of nitrogens with zero attached hydrogens (tertiary/aromatic N) is 2. The van der Waals surface area contributed by atoms with Gasteiger partial charge in [0.15, 0.2) is 0 Å². The van der Waals surface area contributed by atoms with Crippen molar-refractivity contribution in [2.24, 2.45) is 0 Å². The molecule has 2 aromatic heterocycles. The molecule has 2 heterocycles. The van der Waals surface area contributed by atoms with Gasteiger partial charge < -0.3 is 4.57 Å². The van der Waals surface area contributed by atoms with E-state index in [4.69, 9.17) is 4.98 Å². The lowest BCUT2D eigenvalue weighted by Gasteiger charge is -2.13. The highest BCUT2D eigenvalue weighted by atomic mass is 15.0. The Labute approximate surface area is 192 Å². The van der Waals surface area contributed by atoms with Gasteiger partial charge in [-0.05, 0) is 60.1 Å². The number of fused-ring (bicyclic) bond motifs is 1. The highest BCUT2D eigenvalue weighted by molar-refractivity contribution is 5.93. The Hall–Kier alpha value is -3.13. The van der Waals surface area contributed by atoms with Gasteiger partial charge in [0.2, 0.25) is 0 Å². The fourth-order valence-corrected chi connectivity index (χ4v) is 4.47. The van der Waals surface area contributed by atoms with Crippen molar-refractivity contribution in [2.75, 3.05) is 0 Å². The second kappa shape index (κ2) is 9.56. The fraction of sp³-hybridized carbons (Fsp3) is 0.300. The van der Waals surface area contributed by atoms with Gasteiger partial charge in [-0.2, -0.15) is 0 Å². The van der Waals surface area contributed by atoms with Gasteiger partial charge in [0.05, 0.1) is 17.4 Å². The van der Waals surface area contributed by atoms with Crippen molar-refractivity contribution in [1.29, 1.82) is 0 Å². The number of rotatable bonds is 7. The number of benzene rings is 2. The van der Waals surface area contributed by atoms with Gasteiger partial charge in [-0.25, -0.2) is 0 Å². The first-order valence-corrected chi connectivity index (χ1v) is 12.0. The van der Waals surface area contributed by atoms with Crippen molar-refractivity contribution in [3.05, 3.63) is 89.3 Å². The summed E-state index contributed by atoms with van der Waals surface area (Å²) >= 11 is 0. The first-order chi connectivity index (χ1) is 15.6. The first-order valence-electron chi connectivity index (χ1n) is 12.0. The zero-order chi connectivity index (χ0) is 22.7. The van der Waals surface area contributed by atoms with Crippen LogP contribution in [0.3, 0.4) is 0 Å². The molecule has 2 aromatic carbocycles. The SMILES string of the molecule is CC/C=C\c1cn(-c2ccc(C(C)C)cc2)c2cnc(-c3c(CC)cccc3CC)cc12. The molecule has 0 bridgehead atoms. The van der Waals surface area contributed by atoms with E-state index in [9.17, 15) is 0 Å². The van der Waals surface area contributed by atoms with E-state index in [-0.39, 0.29) is 0 Å². The molecule has 0 saturated carbocycles. The van der Waals surface area contributed by atoms with Gasteiger partial charge in [-0.3, -0.25) is 4.98 Å². The molecule has 0 saturated heterocycles. The molecule has 4 aromatic rings. The van der Waals surface area contributed by atoms with Gasteiger partial charge >= 0.3 is 0 Å². The van der Waals surface area contributed by atoms with Crippen LogP contribution < -0.4 is 0 Å². The fourth-order valence-electron chi connectivity index (χ4n) is 4.47. The predicted octanol–water partition coefficient (Wildman–Crippen LogP) is 8.36. The summed E-state index contributed by atoms with van der Waals surface area (Å²) < 4.78 is 2.28. The van der Waals surface area contributed by atoms with Crippen LogP contribution in [0.2, 0.25) is 0 Å². The topological polar surface area (TPSA) is 17.8 Å². The van der Waals surface area contributed by atoms with Gasteiger partial charge in [0, 0.05) is 28.4 Å². The van der Waals surface area contributed by atoms with Crippen molar-refractivity contribution < 1.29 is 0 Å². The minimum absolute atomic E-state index is 0.532. The summed E-state index contributed by atoms with van der Waals surface area (Å²) in [7, 11) is 0. The minimum atomic E-state index is 0.532. The Morgan fingerprint density at radius 1 is 0.938 bits per heavy atom. The van der Waals surface area contributed by atoms with Crippen molar-refractivity contribution in [2.45, 2.75) is 59.8 Å². The van der Waals surface area contributed by atoms with Crippen molar-refractivity contribution in [3.8, 4) is 16.9 Å². The van der Waals surface area contributed by atoms with Gasteiger partial charge in [-0.15, -0.1) is 0 Å². The maximum atomic E-state index is 4.97. The molecular formula is C30H34N2. The molecule has 164 valence electrons. The Bertz CT molecular complexity index is 1220. The Morgan fingerprint density at radius 3 is 2.22 bits per heavy atom. The van der Waals surface area contributed by atoms with Crippen molar-refractivity contribution >= 4 is 17.0 Å². The average Bonchev–Trinajstić information content (AvgIpc) is 3.19. The van der Waals surface area contributed by atoms with Crippen LogP contribution in [-0.2, 0) is 12.8 Å². The van der Waals surface area contributed by atoms with Crippen LogP contribution in [0.25, 0.3) is 33.9 Å². The molecule has 0 spiro atoms. The standard InChI is InChI=1S/C30H34N2/c1-6-9-11-25-20-32(26-16-14-24(15-17-26)21(4)5)29-19-31-28(18-27(25)29)30-22(7-2)12-10-13-23(30)8-3/h9-21H,6-8H2,1-5H3/b11-9-.